The predicted octanol–water partition coefficient (Wildman–Crippen LogP) is 1.69. The Labute approximate surface area is 214 Å². The summed E-state index contributed by atoms with van der Waals surface area (Å²) in [4.78, 5) is 32.7. The van der Waals surface area contributed by atoms with Crippen molar-refractivity contribution in [1.82, 2.24) is 20.4 Å². The number of hydrogen-bond donors (Lipinski definition) is 2. The molecule has 0 aromatic rings. The van der Waals surface area contributed by atoms with Gasteiger partial charge in [-0.25, -0.2) is 0 Å². The second-order valence-electron chi connectivity index (χ2n) is 13.3. The quantitative estimate of drug-likeness (QED) is 0.561. The first-order chi connectivity index (χ1) is 17.5. The van der Waals surface area contributed by atoms with Crippen LogP contribution in [0.1, 0.15) is 64.7 Å². The van der Waals surface area contributed by atoms with Crippen molar-refractivity contribution in [2.24, 2.45) is 35.5 Å². The Bertz CT molecular complexity index is 977. The number of nitrogens with zero attached hydrogens (tertiary/aromatic N) is 2. The summed E-state index contributed by atoms with van der Waals surface area (Å²) in [7, 11) is 3.89. The molecule has 2 amide bonds. The van der Waals surface area contributed by atoms with Crippen LogP contribution in [0, 0.1) is 35.5 Å². The molecule has 36 heavy (non-hydrogen) atoms. The van der Waals surface area contributed by atoms with Crippen LogP contribution in [0.3, 0.4) is 0 Å². The molecule has 3 saturated carbocycles. The third kappa shape index (κ3) is 2.59. The SMILES string of the molecule is CN[C@@H]1C[C@H]2O[C@@](C)([C@@H]1OC)N1C3CCCCC3C3C4C(=O)NC(=O)C4C4C5CCCCC5N2C4C31. The number of ether oxygens (including phenoxy) is 2. The number of methoxy groups -OCH3 is 1. The molecule has 5 heterocycles. The van der Waals surface area contributed by atoms with Gasteiger partial charge in [0.2, 0.25) is 11.8 Å². The van der Waals surface area contributed by atoms with Gasteiger partial charge in [-0.15, -0.1) is 0 Å². The summed E-state index contributed by atoms with van der Waals surface area (Å²) in [6, 6.07) is 1.56. The molecule has 14 atom stereocenters. The topological polar surface area (TPSA) is 83.1 Å². The van der Waals surface area contributed by atoms with Gasteiger partial charge >= 0.3 is 0 Å². The van der Waals surface area contributed by atoms with Gasteiger partial charge in [-0.05, 0) is 63.3 Å². The number of hydrogen-bond acceptors (Lipinski definition) is 7. The average Bonchev–Trinajstić information content (AvgIpc) is 3.48. The lowest BCUT2D eigenvalue weighted by atomic mass is 9.57. The van der Waals surface area contributed by atoms with Gasteiger partial charge in [0.1, 0.15) is 18.1 Å². The van der Waals surface area contributed by atoms with Crippen LogP contribution in [-0.2, 0) is 19.1 Å². The van der Waals surface area contributed by atoms with E-state index >= 15 is 0 Å². The summed E-state index contributed by atoms with van der Waals surface area (Å²) >= 11 is 0. The Kier molecular flexibility index (Phi) is 4.92. The first-order valence-electron chi connectivity index (χ1n) is 14.8. The number of fused-ring (bicyclic) bond motifs is 13. The van der Waals surface area contributed by atoms with E-state index in [9.17, 15) is 9.59 Å². The summed E-state index contributed by atoms with van der Waals surface area (Å²) in [6.07, 6.45) is 10.4. The highest BCUT2D eigenvalue weighted by Gasteiger charge is 2.76. The van der Waals surface area contributed by atoms with Crippen molar-refractivity contribution < 1.29 is 19.1 Å². The van der Waals surface area contributed by atoms with Crippen molar-refractivity contribution >= 4 is 11.8 Å². The number of nitrogens with one attached hydrogen (secondary N) is 2. The van der Waals surface area contributed by atoms with Crippen LogP contribution in [0.25, 0.3) is 0 Å². The summed E-state index contributed by atoms with van der Waals surface area (Å²) < 4.78 is 13.6. The Balaban J connectivity index is 1.37. The molecule has 8 fully saturated rings. The van der Waals surface area contributed by atoms with Crippen LogP contribution in [-0.4, -0.2) is 84.0 Å². The summed E-state index contributed by atoms with van der Waals surface area (Å²) in [5.74, 6) is 1.10. The molecule has 8 heteroatoms. The van der Waals surface area contributed by atoms with E-state index in [1.807, 2.05) is 7.11 Å². The van der Waals surface area contributed by atoms with Crippen molar-refractivity contribution in [3.63, 3.8) is 0 Å². The van der Waals surface area contributed by atoms with Gasteiger partial charge in [0.15, 0.2) is 0 Å². The van der Waals surface area contributed by atoms with Gasteiger partial charge in [0.25, 0.3) is 0 Å². The molecule has 5 aliphatic heterocycles. The minimum absolute atomic E-state index is 0.0140. The van der Waals surface area contributed by atoms with Crippen molar-refractivity contribution in [2.45, 2.75) is 113 Å². The third-order valence-corrected chi connectivity index (χ3v) is 12.4. The first-order valence-corrected chi connectivity index (χ1v) is 14.8. The lowest BCUT2D eigenvalue weighted by Gasteiger charge is -2.55. The van der Waals surface area contributed by atoms with E-state index in [-0.39, 0.29) is 65.9 Å². The van der Waals surface area contributed by atoms with Crippen LogP contribution in [0.2, 0.25) is 0 Å². The zero-order valence-corrected chi connectivity index (χ0v) is 21.9. The molecule has 8 rings (SSSR count). The molecular formula is C28H42N4O4. The Morgan fingerprint density at radius 1 is 0.944 bits per heavy atom. The van der Waals surface area contributed by atoms with Gasteiger partial charge in [-0.2, -0.15) is 0 Å². The van der Waals surface area contributed by atoms with E-state index in [1.54, 1.807) is 0 Å². The molecule has 10 unspecified atom stereocenters. The van der Waals surface area contributed by atoms with Crippen LogP contribution in [0.4, 0.5) is 0 Å². The second-order valence-corrected chi connectivity index (χ2v) is 13.3. The summed E-state index contributed by atoms with van der Waals surface area (Å²) in [6.45, 7) is 2.28. The smallest absolute Gasteiger partial charge is 0.230 e. The van der Waals surface area contributed by atoms with E-state index in [0.717, 1.165) is 19.3 Å². The monoisotopic (exact) mass is 498 g/mol. The molecular weight excluding hydrogens is 456 g/mol. The lowest BCUT2D eigenvalue weighted by Crippen LogP contribution is -2.70. The molecule has 0 aromatic carbocycles. The van der Waals surface area contributed by atoms with Gasteiger partial charge in [-0.3, -0.25) is 24.7 Å². The van der Waals surface area contributed by atoms with E-state index < -0.39 is 5.72 Å². The molecule has 8 nitrogen and oxygen atoms in total. The number of carbonyl (C=O) groups excluding carboxylic acids is 2. The van der Waals surface area contributed by atoms with Gasteiger partial charge in [0.05, 0.1) is 11.8 Å². The molecule has 2 N–H and O–H groups in total. The minimum atomic E-state index is -0.560. The highest BCUT2D eigenvalue weighted by molar-refractivity contribution is 6.05. The average molecular weight is 499 g/mol. The zero-order chi connectivity index (χ0) is 24.5. The fourth-order valence-electron chi connectivity index (χ4n) is 11.6. The fraction of sp³-hybridized carbons (Fsp3) is 0.929. The first kappa shape index (κ1) is 22.9. The van der Waals surface area contributed by atoms with Gasteiger partial charge in [-0.1, -0.05) is 25.7 Å². The molecule has 0 radical (unpaired) electrons. The number of carbonyl (C=O) groups is 2. The zero-order valence-electron chi connectivity index (χ0n) is 21.9. The fourth-order valence-corrected chi connectivity index (χ4v) is 11.6. The van der Waals surface area contributed by atoms with Gasteiger partial charge < -0.3 is 14.8 Å². The normalized spacial score (nSPS) is 57.5. The number of imide groups is 1. The standard InChI is InChI=1S/C28H42N4O4/c1-28-25(35-3)15(29-2)12-18(36-28)31-16-10-6-4-8-13(16)19-21-22(27(34)30-26(21)33)20-14-9-5-7-11-17(14)32(28)24(20)23(19)31/h13-25,29H,4-12H2,1-3H3,(H,30,33,34)/t13?,14?,15-,16?,17?,18-,19?,20?,21?,22?,23?,24?,25-,28+/m1/s1. The van der Waals surface area contributed by atoms with Crippen molar-refractivity contribution in [3.8, 4) is 0 Å². The molecule has 8 aliphatic rings. The molecule has 3 aliphatic carbocycles. The van der Waals surface area contributed by atoms with E-state index in [0.29, 0.717) is 23.9 Å². The Hall–Kier alpha value is -1.06. The maximum atomic E-state index is 13.6. The van der Waals surface area contributed by atoms with Crippen LogP contribution < -0.4 is 10.6 Å². The van der Waals surface area contributed by atoms with E-state index in [1.165, 1.54) is 38.5 Å². The van der Waals surface area contributed by atoms with Crippen LogP contribution in [0.15, 0.2) is 0 Å². The molecule has 5 saturated heterocycles. The van der Waals surface area contributed by atoms with Crippen LogP contribution in [0.5, 0.6) is 0 Å². The largest absolute Gasteiger partial charge is 0.375 e. The van der Waals surface area contributed by atoms with Crippen molar-refractivity contribution in [1.29, 1.82) is 0 Å². The number of amides is 2. The molecule has 198 valence electrons. The Morgan fingerprint density at radius 2 is 1.56 bits per heavy atom. The molecule has 0 spiro atoms. The molecule has 2 bridgehead atoms. The van der Waals surface area contributed by atoms with Gasteiger partial charge in [0, 0.05) is 43.7 Å². The summed E-state index contributed by atoms with van der Waals surface area (Å²) in [5, 5.41) is 6.46. The third-order valence-electron chi connectivity index (χ3n) is 12.4. The predicted molar refractivity (Wildman–Crippen MR) is 131 cm³/mol. The van der Waals surface area contributed by atoms with Crippen molar-refractivity contribution in [2.75, 3.05) is 14.2 Å². The maximum absolute atomic E-state index is 13.6. The maximum Gasteiger partial charge on any atom is 0.230 e. The second kappa shape index (κ2) is 7.75. The lowest BCUT2D eigenvalue weighted by molar-refractivity contribution is -0.288. The highest BCUT2D eigenvalue weighted by atomic mass is 16.6. The minimum Gasteiger partial charge on any atom is -0.375 e. The summed E-state index contributed by atoms with van der Waals surface area (Å²) in [5.41, 5.74) is -0.560. The van der Waals surface area contributed by atoms with Crippen LogP contribution >= 0.6 is 0 Å². The van der Waals surface area contributed by atoms with E-state index in [4.69, 9.17) is 9.47 Å². The highest BCUT2D eigenvalue weighted by Crippen LogP contribution is 2.65. The number of likely N-dealkylation sites (N-methyl/N-ethyl adjacent to an activating group) is 1. The Morgan fingerprint density at radius 3 is 2.22 bits per heavy atom. The number of rotatable bonds is 2. The van der Waals surface area contributed by atoms with E-state index in [2.05, 4.69) is 34.4 Å². The molecule has 0 aromatic heterocycles. The van der Waals surface area contributed by atoms with Crippen molar-refractivity contribution in [3.05, 3.63) is 0 Å².